The van der Waals surface area contributed by atoms with E-state index in [4.69, 9.17) is 0 Å². The Bertz CT molecular complexity index is 777. The van der Waals surface area contributed by atoms with Crippen molar-refractivity contribution in [1.29, 1.82) is 0 Å². The Morgan fingerprint density at radius 3 is 2.48 bits per heavy atom. The molecule has 0 amide bonds. The van der Waals surface area contributed by atoms with E-state index in [0.29, 0.717) is 6.54 Å². The van der Waals surface area contributed by atoms with Gasteiger partial charge in [-0.15, -0.1) is 11.3 Å². The number of hydrogen-bond acceptors (Lipinski definition) is 5. The van der Waals surface area contributed by atoms with E-state index in [9.17, 15) is 4.39 Å². The Morgan fingerprint density at radius 2 is 1.86 bits per heavy atom. The standard InChI is InChI=1S/C21H31FN6S/c1-4-23-21(25-15-20-26-16(2)17(3)29-20)24-9-10-27-11-13-28(14-12-27)19-7-5-18(22)6-8-19/h5-8H,4,9-15H2,1-3H3,(H2,23,24,25). The summed E-state index contributed by atoms with van der Waals surface area (Å²) in [4.78, 5) is 15.2. The molecule has 3 rings (SSSR count). The lowest BCUT2D eigenvalue weighted by Gasteiger charge is -2.36. The Hall–Kier alpha value is -2.19. The Morgan fingerprint density at radius 1 is 1.14 bits per heavy atom. The number of anilines is 1. The van der Waals surface area contributed by atoms with E-state index in [1.807, 2.05) is 19.1 Å². The predicted octanol–water partition coefficient (Wildman–Crippen LogP) is 2.78. The highest BCUT2D eigenvalue weighted by Crippen LogP contribution is 2.17. The van der Waals surface area contributed by atoms with Gasteiger partial charge in [0.1, 0.15) is 10.8 Å². The fraction of sp³-hybridized carbons (Fsp3) is 0.524. The lowest BCUT2D eigenvalue weighted by atomic mass is 10.2. The van der Waals surface area contributed by atoms with Crippen LogP contribution in [0.25, 0.3) is 0 Å². The summed E-state index contributed by atoms with van der Waals surface area (Å²) in [5.74, 6) is 0.653. The zero-order valence-corrected chi connectivity index (χ0v) is 18.4. The maximum atomic E-state index is 13.1. The molecule has 0 atom stereocenters. The van der Waals surface area contributed by atoms with Crippen molar-refractivity contribution in [3.63, 3.8) is 0 Å². The van der Waals surface area contributed by atoms with Crippen LogP contribution in [0.15, 0.2) is 29.3 Å². The van der Waals surface area contributed by atoms with Crippen LogP contribution >= 0.6 is 11.3 Å². The largest absolute Gasteiger partial charge is 0.369 e. The zero-order valence-electron chi connectivity index (χ0n) is 17.5. The second-order valence-electron chi connectivity index (χ2n) is 7.18. The van der Waals surface area contributed by atoms with Gasteiger partial charge in [0.2, 0.25) is 0 Å². The number of nitrogens with zero attached hydrogens (tertiary/aromatic N) is 4. The molecule has 0 saturated carbocycles. The van der Waals surface area contributed by atoms with Gasteiger partial charge >= 0.3 is 0 Å². The van der Waals surface area contributed by atoms with Crippen LogP contribution in [-0.2, 0) is 6.54 Å². The van der Waals surface area contributed by atoms with E-state index in [1.54, 1.807) is 11.3 Å². The average molecular weight is 419 g/mol. The Balaban J connectivity index is 1.41. The molecule has 2 aromatic rings. The predicted molar refractivity (Wildman–Crippen MR) is 119 cm³/mol. The molecule has 0 bridgehead atoms. The molecule has 1 aromatic heterocycles. The monoisotopic (exact) mass is 418 g/mol. The van der Waals surface area contributed by atoms with Crippen molar-refractivity contribution in [3.8, 4) is 0 Å². The van der Waals surface area contributed by atoms with Gasteiger partial charge in [0.15, 0.2) is 5.96 Å². The number of benzene rings is 1. The summed E-state index contributed by atoms with van der Waals surface area (Å²) in [5.41, 5.74) is 2.19. The molecule has 1 saturated heterocycles. The van der Waals surface area contributed by atoms with Crippen LogP contribution in [0.1, 0.15) is 22.5 Å². The number of hydrogen-bond donors (Lipinski definition) is 2. The molecule has 29 heavy (non-hydrogen) atoms. The van der Waals surface area contributed by atoms with Crippen molar-refractivity contribution in [2.45, 2.75) is 27.3 Å². The van der Waals surface area contributed by atoms with Crippen LogP contribution in [-0.4, -0.2) is 61.7 Å². The SMILES string of the molecule is CCNC(=NCc1nc(C)c(C)s1)NCCN1CCN(c2ccc(F)cc2)CC1. The number of halogens is 1. The maximum Gasteiger partial charge on any atom is 0.191 e. The van der Waals surface area contributed by atoms with Crippen LogP contribution in [0.2, 0.25) is 0 Å². The van der Waals surface area contributed by atoms with Crippen molar-refractivity contribution in [2.24, 2.45) is 4.99 Å². The second kappa shape index (κ2) is 10.5. The van der Waals surface area contributed by atoms with Crippen molar-refractivity contribution in [1.82, 2.24) is 20.5 Å². The van der Waals surface area contributed by atoms with Crippen molar-refractivity contribution >= 4 is 23.0 Å². The first-order valence-corrected chi connectivity index (χ1v) is 11.0. The molecule has 2 N–H and O–H groups in total. The van der Waals surface area contributed by atoms with Crippen molar-refractivity contribution in [2.75, 3.05) is 50.7 Å². The van der Waals surface area contributed by atoms with Crippen LogP contribution in [0.3, 0.4) is 0 Å². The van der Waals surface area contributed by atoms with Crippen LogP contribution in [0.5, 0.6) is 0 Å². The number of guanidine groups is 1. The Kier molecular flexibility index (Phi) is 7.83. The highest BCUT2D eigenvalue weighted by atomic mass is 32.1. The molecule has 1 aliphatic heterocycles. The molecule has 6 nitrogen and oxygen atoms in total. The van der Waals surface area contributed by atoms with E-state index in [1.165, 1.54) is 17.0 Å². The lowest BCUT2D eigenvalue weighted by molar-refractivity contribution is 0.261. The summed E-state index contributed by atoms with van der Waals surface area (Å²) in [6.07, 6.45) is 0. The second-order valence-corrected chi connectivity index (χ2v) is 8.46. The third kappa shape index (κ3) is 6.40. The van der Waals surface area contributed by atoms with E-state index in [2.05, 4.69) is 44.3 Å². The highest BCUT2D eigenvalue weighted by molar-refractivity contribution is 7.11. The normalized spacial score (nSPS) is 15.6. The first-order chi connectivity index (χ1) is 14.0. The molecule has 0 unspecified atom stereocenters. The van der Waals surface area contributed by atoms with Gasteiger partial charge in [0, 0.05) is 56.4 Å². The fourth-order valence-electron chi connectivity index (χ4n) is 3.31. The van der Waals surface area contributed by atoms with Crippen LogP contribution in [0.4, 0.5) is 10.1 Å². The van der Waals surface area contributed by atoms with Gasteiger partial charge in [0.25, 0.3) is 0 Å². The number of piperazine rings is 1. The third-order valence-electron chi connectivity index (χ3n) is 5.07. The molecule has 0 radical (unpaired) electrons. The van der Waals surface area contributed by atoms with E-state index >= 15 is 0 Å². The molecule has 0 spiro atoms. The summed E-state index contributed by atoms with van der Waals surface area (Å²) < 4.78 is 13.1. The van der Waals surface area contributed by atoms with Gasteiger partial charge in [-0.1, -0.05) is 0 Å². The minimum Gasteiger partial charge on any atom is -0.369 e. The fourth-order valence-corrected chi connectivity index (χ4v) is 4.17. The van der Waals surface area contributed by atoms with Gasteiger partial charge in [-0.05, 0) is 45.0 Å². The third-order valence-corrected chi connectivity index (χ3v) is 6.13. The van der Waals surface area contributed by atoms with Gasteiger partial charge in [-0.3, -0.25) is 4.90 Å². The van der Waals surface area contributed by atoms with E-state index < -0.39 is 0 Å². The molecular formula is C21H31FN6S. The molecular weight excluding hydrogens is 387 g/mol. The molecule has 1 fully saturated rings. The first-order valence-electron chi connectivity index (χ1n) is 10.2. The van der Waals surface area contributed by atoms with E-state index in [0.717, 1.165) is 68.2 Å². The number of aryl methyl sites for hydroxylation is 2. The number of thiazole rings is 1. The smallest absolute Gasteiger partial charge is 0.191 e. The average Bonchev–Trinajstić information content (AvgIpc) is 3.05. The van der Waals surface area contributed by atoms with Crippen LogP contribution in [0, 0.1) is 19.7 Å². The van der Waals surface area contributed by atoms with Crippen molar-refractivity contribution in [3.05, 3.63) is 45.7 Å². The van der Waals surface area contributed by atoms with Crippen molar-refractivity contribution < 1.29 is 4.39 Å². The van der Waals surface area contributed by atoms with E-state index in [-0.39, 0.29) is 5.82 Å². The summed E-state index contributed by atoms with van der Waals surface area (Å²) in [7, 11) is 0. The summed E-state index contributed by atoms with van der Waals surface area (Å²) >= 11 is 1.71. The van der Waals surface area contributed by atoms with Gasteiger partial charge in [-0.25, -0.2) is 14.4 Å². The summed E-state index contributed by atoms with van der Waals surface area (Å²) in [6, 6.07) is 6.78. The zero-order chi connectivity index (χ0) is 20.6. The Labute approximate surface area is 176 Å². The van der Waals surface area contributed by atoms with Gasteiger partial charge in [-0.2, -0.15) is 0 Å². The topological polar surface area (TPSA) is 55.8 Å². The van der Waals surface area contributed by atoms with Crippen LogP contribution < -0.4 is 15.5 Å². The van der Waals surface area contributed by atoms with Gasteiger partial charge in [0.05, 0.1) is 12.2 Å². The first kappa shape index (κ1) is 21.5. The number of rotatable bonds is 7. The molecule has 158 valence electrons. The number of nitrogens with one attached hydrogen (secondary N) is 2. The summed E-state index contributed by atoms with van der Waals surface area (Å²) in [5, 5.41) is 7.78. The highest BCUT2D eigenvalue weighted by Gasteiger charge is 2.17. The molecule has 1 aromatic carbocycles. The van der Waals surface area contributed by atoms with Gasteiger partial charge < -0.3 is 15.5 Å². The lowest BCUT2D eigenvalue weighted by Crippen LogP contribution is -2.49. The molecule has 0 aliphatic carbocycles. The number of aliphatic imine (C=N–C) groups is 1. The molecule has 1 aliphatic rings. The molecule has 2 heterocycles. The minimum absolute atomic E-state index is 0.184. The summed E-state index contributed by atoms with van der Waals surface area (Å²) in [6.45, 7) is 13.4. The maximum absolute atomic E-state index is 13.1. The quantitative estimate of drug-likeness (QED) is 0.535. The minimum atomic E-state index is -0.184. The number of aromatic nitrogens is 1. The molecule has 8 heteroatoms.